The van der Waals surface area contributed by atoms with Crippen LogP contribution in [0.4, 0.5) is 0 Å². The molecule has 0 aromatic heterocycles. The summed E-state index contributed by atoms with van der Waals surface area (Å²) >= 11 is 0. The van der Waals surface area contributed by atoms with Gasteiger partial charge in [0.2, 0.25) is 0 Å². The summed E-state index contributed by atoms with van der Waals surface area (Å²) in [5.41, 5.74) is 0.523. The van der Waals surface area contributed by atoms with Crippen LogP contribution in [0.25, 0.3) is 0 Å². The van der Waals surface area contributed by atoms with Crippen molar-refractivity contribution in [3.63, 3.8) is 0 Å². The molecule has 110 valence electrons. The molecule has 1 fully saturated rings. The molecule has 1 saturated heterocycles. The number of benzene rings is 1. The van der Waals surface area contributed by atoms with E-state index < -0.39 is 0 Å². The molecule has 0 N–H and O–H groups in total. The molecule has 1 aromatic rings. The first kappa shape index (κ1) is 14.8. The van der Waals surface area contributed by atoms with Crippen LogP contribution in [-0.2, 0) is 9.47 Å². The Morgan fingerprint density at radius 3 is 2.45 bits per heavy atom. The minimum atomic E-state index is -0.369. The number of ether oxygens (including phenoxy) is 3. The average Bonchev–Trinajstić information content (AvgIpc) is 2.99. The second kappa shape index (κ2) is 7.26. The van der Waals surface area contributed by atoms with Crippen molar-refractivity contribution in [2.45, 2.75) is 26.2 Å². The lowest BCUT2D eigenvalue weighted by Gasteiger charge is -2.26. The van der Waals surface area contributed by atoms with Crippen LogP contribution in [-0.4, -0.2) is 44.1 Å². The predicted molar refractivity (Wildman–Crippen MR) is 74.6 cm³/mol. The van der Waals surface area contributed by atoms with Gasteiger partial charge in [-0.3, -0.25) is 0 Å². The molecule has 0 spiro atoms. The van der Waals surface area contributed by atoms with Crippen molar-refractivity contribution in [3.05, 3.63) is 29.8 Å². The summed E-state index contributed by atoms with van der Waals surface area (Å²) in [7, 11) is 1.63. The highest BCUT2D eigenvalue weighted by Gasteiger charge is 2.23. The average molecular weight is 279 g/mol. The van der Waals surface area contributed by atoms with Crippen molar-refractivity contribution in [2.75, 3.05) is 26.8 Å². The zero-order valence-electron chi connectivity index (χ0n) is 12.0. The van der Waals surface area contributed by atoms with Crippen LogP contribution in [0.3, 0.4) is 0 Å². The Kier molecular flexibility index (Phi) is 5.38. The van der Waals surface area contributed by atoms with Gasteiger partial charge in [-0.25, -0.2) is 9.69 Å². The number of hydrogen-bond acceptors (Lipinski definition) is 5. The van der Waals surface area contributed by atoms with E-state index in [4.69, 9.17) is 14.2 Å². The summed E-state index contributed by atoms with van der Waals surface area (Å²) in [6, 6.07) is 6.91. The maximum absolute atomic E-state index is 11.5. The molecule has 5 heteroatoms. The fourth-order valence-corrected chi connectivity index (χ4v) is 2.22. The lowest BCUT2D eigenvalue weighted by Crippen LogP contribution is -2.38. The van der Waals surface area contributed by atoms with Crippen LogP contribution >= 0.6 is 0 Å². The van der Waals surface area contributed by atoms with E-state index in [0.717, 1.165) is 13.1 Å². The highest BCUT2D eigenvalue weighted by molar-refractivity contribution is 5.89. The van der Waals surface area contributed by atoms with E-state index in [2.05, 4.69) is 4.90 Å². The second-order valence-corrected chi connectivity index (χ2v) is 4.65. The van der Waals surface area contributed by atoms with Crippen molar-refractivity contribution >= 4 is 5.97 Å². The van der Waals surface area contributed by atoms with E-state index in [1.54, 1.807) is 38.3 Å². The number of carbonyl (C=O) groups excluding carboxylic acids is 1. The number of carbonyl (C=O) groups is 1. The molecule has 1 aliphatic heterocycles. The third-order valence-electron chi connectivity index (χ3n) is 3.24. The Balaban J connectivity index is 1.96. The van der Waals surface area contributed by atoms with Gasteiger partial charge in [0.15, 0.2) is 0 Å². The van der Waals surface area contributed by atoms with Crippen LogP contribution in [0, 0.1) is 0 Å². The normalized spacial score (nSPS) is 16.9. The van der Waals surface area contributed by atoms with E-state index in [1.165, 1.54) is 12.8 Å². The Hall–Kier alpha value is -1.59. The van der Waals surface area contributed by atoms with Crippen molar-refractivity contribution in [1.82, 2.24) is 4.90 Å². The van der Waals surface area contributed by atoms with Crippen molar-refractivity contribution in [3.8, 4) is 5.75 Å². The van der Waals surface area contributed by atoms with E-state index in [-0.39, 0.29) is 12.4 Å². The summed E-state index contributed by atoms with van der Waals surface area (Å²) in [6.45, 7) is 4.13. The Labute approximate surface area is 119 Å². The molecule has 1 atom stereocenters. The molecule has 5 nitrogen and oxygen atoms in total. The van der Waals surface area contributed by atoms with Gasteiger partial charge in [-0.15, -0.1) is 0 Å². The van der Waals surface area contributed by atoms with Crippen molar-refractivity contribution < 1.29 is 19.0 Å². The summed E-state index contributed by atoms with van der Waals surface area (Å²) in [4.78, 5) is 13.7. The molecule has 0 radical (unpaired) electrons. The molecular weight excluding hydrogens is 258 g/mol. The first-order valence-corrected chi connectivity index (χ1v) is 6.95. The fraction of sp³-hybridized carbons (Fsp3) is 0.533. The number of likely N-dealkylation sites (tertiary alicyclic amines) is 1. The first-order valence-electron chi connectivity index (χ1n) is 6.95. The minimum Gasteiger partial charge on any atom is -0.462 e. The lowest BCUT2D eigenvalue weighted by molar-refractivity contribution is -0.150. The van der Waals surface area contributed by atoms with Gasteiger partial charge in [-0.2, -0.15) is 0 Å². The third-order valence-corrected chi connectivity index (χ3v) is 3.24. The molecule has 0 saturated carbocycles. The SMILES string of the molecule is CCOC(=O)c1ccc(OC(OC)N2CCCC2)cc1. The molecule has 0 aliphatic carbocycles. The molecular formula is C15H21NO4. The van der Waals surface area contributed by atoms with Crippen molar-refractivity contribution in [2.24, 2.45) is 0 Å². The van der Waals surface area contributed by atoms with E-state index >= 15 is 0 Å². The van der Waals surface area contributed by atoms with Crippen LogP contribution in [0.5, 0.6) is 5.75 Å². The van der Waals surface area contributed by atoms with E-state index in [9.17, 15) is 4.79 Å². The van der Waals surface area contributed by atoms with Gasteiger partial charge in [0.1, 0.15) is 5.75 Å². The zero-order valence-corrected chi connectivity index (χ0v) is 12.0. The second-order valence-electron chi connectivity index (χ2n) is 4.65. The predicted octanol–water partition coefficient (Wildman–Crippen LogP) is 2.27. The van der Waals surface area contributed by atoms with Gasteiger partial charge in [-0.1, -0.05) is 0 Å². The Morgan fingerprint density at radius 1 is 1.25 bits per heavy atom. The Morgan fingerprint density at radius 2 is 1.90 bits per heavy atom. The van der Waals surface area contributed by atoms with Crippen LogP contribution in [0.2, 0.25) is 0 Å². The summed E-state index contributed by atoms with van der Waals surface area (Å²) in [5.74, 6) is 0.360. The molecule has 1 aromatic carbocycles. The molecule has 20 heavy (non-hydrogen) atoms. The van der Waals surface area contributed by atoms with Gasteiger partial charge >= 0.3 is 5.97 Å². The number of esters is 1. The molecule has 1 unspecified atom stereocenters. The third kappa shape index (κ3) is 3.71. The lowest BCUT2D eigenvalue weighted by atomic mass is 10.2. The smallest absolute Gasteiger partial charge is 0.338 e. The van der Waals surface area contributed by atoms with Gasteiger partial charge in [0.25, 0.3) is 6.41 Å². The maximum atomic E-state index is 11.5. The Bertz CT molecular complexity index is 426. The van der Waals surface area contributed by atoms with Gasteiger partial charge in [0, 0.05) is 20.2 Å². The topological polar surface area (TPSA) is 48.0 Å². The largest absolute Gasteiger partial charge is 0.462 e. The molecule has 1 aliphatic rings. The maximum Gasteiger partial charge on any atom is 0.338 e. The van der Waals surface area contributed by atoms with Crippen LogP contribution < -0.4 is 4.74 Å². The van der Waals surface area contributed by atoms with Crippen molar-refractivity contribution in [1.29, 1.82) is 0 Å². The van der Waals surface area contributed by atoms with Crippen LogP contribution in [0.15, 0.2) is 24.3 Å². The quantitative estimate of drug-likeness (QED) is 0.590. The molecule has 0 bridgehead atoms. The number of methoxy groups -OCH3 is 1. The number of hydrogen-bond donors (Lipinski definition) is 0. The molecule has 2 rings (SSSR count). The van der Waals surface area contributed by atoms with E-state index in [0.29, 0.717) is 17.9 Å². The minimum absolute atomic E-state index is 0.318. The highest BCUT2D eigenvalue weighted by Crippen LogP contribution is 2.19. The number of rotatable bonds is 6. The molecule has 1 heterocycles. The zero-order chi connectivity index (χ0) is 14.4. The molecule has 0 amide bonds. The first-order chi connectivity index (χ1) is 9.74. The summed E-state index contributed by atoms with van der Waals surface area (Å²) in [5, 5.41) is 0. The summed E-state index contributed by atoms with van der Waals surface area (Å²) < 4.78 is 16.1. The monoisotopic (exact) mass is 279 g/mol. The van der Waals surface area contributed by atoms with Gasteiger partial charge < -0.3 is 14.2 Å². The fourth-order valence-electron chi connectivity index (χ4n) is 2.22. The van der Waals surface area contributed by atoms with Gasteiger partial charge in [0.05, 0.1) is 12.2 Å². The number of nitrogens with zero attached hydrogens (tertiary/aromatic N) is 1. The van der Waals surface area contributed by atoms with Crippen LogP contribution in [0.1, 0.15) is 30.1 Å². The van der Waals surface area contributed by atoms with Gasteiger partial charge in [-0.05, 0) is 44.0 Å². The highest BCUT2D eigenvalue weighted by atomic mass is 16.7. The summed E-state index contributed by atoms with van der Waals surface area (Å²) in [6.07, 6.45) is 1.97. The van der Waals surface area contributed by atoms with E-state index in [1.807, 2.05) is 0 Å². The standard InChI is InChI=1S/C15H21NO4/c1-3-19-14(17)12-6-8-13(9-7-12)20-15(18-2)16-10-4-5-11-16/h6-9,15H,3-5,10-11H2,1-2H3.